The molecule has 0 N–H and O–H groups in total. The van der Waals surface area contributed by atoms with E-state index in [1.807, 2.05) is 19.1 Å². The van der Waals surface area contributed by atoms with Gasteiger partial charge in [0.25, 0.3) is 0 Å². The highest BCUT2D eigenvalue weighted by atomic mass is 16.1. The Kier molecular flexibility index (Phi) is 4.98. The zero-order valence-electron chi connectivity index (χ0n) is 16.3. The maximum Gasteiger partial charge on any atom is 0.186 e. The Hall–Kier alpha value is -2.61. The summed E-state index contributed by atoms with van der Waals surface area (Å²) in [5, 5.41) is 0. The van der Waals surface area contributed by atoms with Gasteiger partial charge in [-0.15, -0.1) is 0 Å². The van der Waals surface area contributed by atoms with E-state index >= 15 is 0 Å². The third kappa shape index (κ3) is 3.62. The molecule has 0 aromatic heterocycles. The lowest BCUT2D eigenvalue weighted by Crippen LogP contribution is -2.29. The van der Waals surface area contributed by atoms with E-state index < -0.39 is 0 Å². The van der Waals surface area contributed by atoms with Gasteiger partial charge in [-0.05, 0) is 62.0 Å². The minimum absolute atomic E-state index is 0.0855. The molecule has 0 spiro atoms. The second-order valence-electron chi connectivity index (χ2n) is 7.76. The van der Waals surface area contributed by atoms with Crippen LogP contribution in [0.4, 0.5) is 0 Å². The lowest BCUT2D eigenvalue weighted by molar-refractivity contribution is 0.104. The molecule has 27 heavy (non-hydrogen) atoms. The number of hydrogen-bond donors (Lipinski definition) is 0. The van der Waals surface area contributed by atoms with E-state index in [9.17, 15) is 4.79 Å². The second kappa shape index (κ2) is 7.56. The molecule has 138 valence electrons. The first-order chi connectivity index (χ1) is 13.1. The summed E-state index contributed by atoms with van der Waals surface area (Å²) < 4.78 is 0. The lowest BCUT2D eigenvalue weighted by atomic mass is 10.00. The molecule has 2 heteroatoms. The van der Waals surface area contributed by atoms with Crippen molar-refractivity contribution in [2.45, 2.75) is 39.5 Å². The summed E-state index contributed by atoms with van der Waals surface area (Å²) in [6.07, 6.45) is 8.65. The predicted molar refractivity (Wildman–Crippen MR) is 112 cm³/mol. The minimum atomic E-state index is 0.0855. The Balaban J connectivity index is 1.67. The van der Waals surface area contributed by atoms with Crippen LogP contribution in [-0.2, 0) is 6.42 Å². The van der Waals surface area contributed by atoms with Gasteiger partial charge in [0.05, 0.1) is 0 Å². The molecule has 1 aliphatic carbocycles. The SMILES string of the molecule is Cc1ccc(C(=O)C=CC2=C(N3CCCCC3)Cc3ccccc32)c(C)c1. The number of benzene rings is 2. The molecule has 0 bridgehead atoms. The second-order valence-corrected chi connectivity index (χ2v) is 7.76. The zero-order chi connectivity index (χ0) is 18.8. The summed E-state index contributed by atoms with van der Waals surface area (Å²) in [5.41, 5.74) is 8.29. The fourth-order valence-corrected chi connectivity index (χ4v) is 4.34. The van der Waals surface area contributed by atoms with Crippen LogP contribution in [0.15, 0.2) is 60.3 Å². The molecule has 0 radical (unpaired) electrons. The number of nitrogens with zero attached hydrogens (tertiary/aromatic N) is 1. The monoisotopic (exact) mass is 357 g/mol. The van der Waals surface area contributed by atoms with Gasteiger partial charge in [-0.25, -0.2) is 0 Å². The summed E-state index contributed by atoms with van der Waals surface area (Å²) in [7, 11) is 0. The number of allylic oxidation sites excluding steroid dienone is 4. The number of piperidine rings is 1. The third-order valence-electron chi connectivity index (χ3n) is 5.76. The van der Waals surface area contributed by atoms with Gasteiger partial charge in [-0.2, -0.15) is 0 Å². The van der Waals surface area contributed by atoms with Gasteiger partial charge in [0.2, 0.25) is 0 Å². The molecule has 0 amide bonds. The zero-order valence-corrected chi connectivity index (χ0v) is 16.3. The van der Waals surface area contributed by atoms with Crippen LogP contribution in [0.2, 0.25) is 0 Å². The number of fused-ring (bicyclic) bond motifs is 1. The van der Waals surface area contributed by atoms with Crippen LogP contribution in [0.5, 0.6) is 0 Å². The highest BCUT2D eigenvalue weighted by molar-refractivity contribution is 6.07. The Morgan fingerprint density at radius 3 is 2.56 bits per heavy atom. The first-order valence-electron chi connectivity index (χ1n) is 9.99. The van der Waals surface area contributed by atoms with E-state index in [0.29, 0.717) is 0 Å². The largest absolute Gasteiger partial charge is 0.374 e. The average molecular weight is 357 g/mol. The van der Waals surface area contributed by atoms with Gasteiger partial charge in [0.15, 0.2) is 5.78 Å². The third-order valence-corrected chi connectivity index (χ3v) is 5.76. The van der Waals surface area contributed by atoms with Crippen LogP contribution < -0.4 is 0 Å². The molecule has 2 aromatic rings. The summed E-state index contributed by atoms with van der Waals surface area (Å²) >= 11 is 0. The van der Waals surface area contributed by atoms with Crippen LogP contribution >= 0.6 is 0 Å². The van der Waals surface area contributed by atoms with E-state index in [-0.39, 0.29) is 5.78 Å². The average Bonchev–Trinajstić information content (AvgIpc) is 3.05. The van der Waals surface area contributed by atoms with E-state index in [4.69, 9.17) is 0 Å². The van der Waals surface area contributed by atoms with E-state index in [0.717, 1.165) is 30.6 Å². The lowest BCUT2D eigenvalue weighted by Gasteiger charge is -2.30. The smallest absolute Gasteiger partial charge is 0.186 e. The first kappa shape index (κ1) is 17.8. The molecule has 1 saturated heterocycles. The molecule has 1 aliphatic heterocycles. The van der Waals surface area contributed by atoms with Gasteiger partial charge in [0.1, 0.15) is 0 Å². The molecule has 4 rings (SSSR count). The first-order valence-corrected chi connectivity index (χ1v) is 9.99. The van der Waals surface area contributed by atoms with E-state index in [2.05, 4.69) is 48.2 Å². The number of ketones is 1. The molecule has 1 heterocycles. The predicted octanol–water partition coefficient (Wildman–Crippen LogP) is 5.50. The number of rotatable bonds is 4. The van der Waals surface area contributed by atoms with Crippen molar-refractivity contribution in [1.82, 2.24) is 4.90 Å². The Morgan fingerprint density at radius 2 is 1.78 bits per heavy atom. The van der Waals surface area contributed by atoms with Crippen LogP contribution in [0.25, 0.3) is 5.57 Å². The normalized spacial score (nSPS) is 16.9. The van der Waals surface area contributed by atoms with E-state index in [1.54, 1.807) is 6.08 Å². The quantitative estimate of drug-likeness (QED) is 0.532. The van der Waals surface area contributed by atoms with Crippen molar-refractivity contribution < 1.29 is 4.79 Å². The Bertz CT molecular complexity index is 929. The van der Waals surface area contributed by atoms with Gasteiger partial charge >= 0.3 is 0 Å². The fraction of sp³-hybridized carbons (Fsp3) is 0.320. The molecular formula is C25H27NO. The van der Waals surface area contributed by atoms with Gasteiger partial charge in [-0.1, -0.05) is 48.0 Å². The Morgan fingerprint density at radius 1 is 1.00 bits per heavy atom. The number of hydrogen-bond acceptors (Lipinski definition) is 2. The van der Waals surface area contributed by atoms with Crippen molar-refractivity contribution >= 4 is 11.4 Å². The molecule has 2 aliphatic rings. The van der Waals surface area contributed by atoms with Crippen molar-refractivity contribution in [2.75, 3.05) is 13.1 Å². The highest BCUT2D eigenvalue weighted by Gasteiger charge is 2.24. The molecular weight excluding hydrogens is 330 g/mol. The fourth-order valence-electron chi connectivity index (χ4n) is 4.34. The minimum Gasteiger partial charge on any atom is -0.374 e. The molecule has 0 saturated carbocycles. The summed E-state index contributed by atoms with van der Waals surface area (Å²) in [6, 6.07) is 14.6. The van der Waals surface area contributed by atoms with Crippen molar-refractivity contribution in [3.8, 4) is 0 Å². The van der Waals surface area contributed by atoms with Crippen LogP contribution in [-0.4, -0.2) is 23.8 Å². The summed E-state index contributed by atoms with van der Waals surface area (Å²) in [5.74, 6) is 0.0855. The van der Waals surface area contributed by atoms with Crippen LogP contribution in [0, 0.1) is 13.8 Å². The van der Waals surface area contributed by atoms with Crippen molar-refractivity contribution in [3.63, 3.8) is 0 Å². The van der Waals surface area contributed by atoms with Crippen LogP contribution in [0.3, 0.4) is 0 Å². The van der Waals surface area contributed by atoms with Crippen LogP contribution in [0.1, 0.15) is 51.9 Å². The van der Waals surface area contributed by atoms with Gasteiger partial charge in [0, 0.05) is 36.3 Å². The van der Waals surface area contributed by atoms with Gasteiger partial charge in [-0.3, -0.25) is 4.79 Å². The van der Waals surface area contributed by atoms with Crippen molar-refractivity contribution in [3.05, 3.63) is 88.1 Å². The molecule has 0 atom stereocenters. The van der Waals surface area contributed by atoms with E-state index in [1.165, 1.54) is 47.2 Å². The molecule has 0 unspecified atom stereocenters. The maximum absolute atomic E-state index is 12.8. The number of carbonyl (C=O) groups excluding carboxylic acids is 1. The molecule has 2 aromatic carbocycles. The standard InChI is InChI=1S/C25H27NO/c1-18-10-11-21(19(2)16-18)25(27)13-12-23-22-9-5-4-8-20(22)17-24(23)26-14-6-3-7-15-26/h4-5,8-13,16H,3,6-7,14-15,17H2,1-2H3. The topological polar surface area (TPSA) is 20.3 Å². The molecule has 2 nitrogen and oxygen atoms in total. The number of likely N-dealkylation sites (tertiary alicyclic amines) is 1. The van der Waals surface area contributed by atoms with Crippen molar-refractivity contribution in [1.29, 1.82) is 0 Å². The highest BCUT2D eigenvalue weighted by Crippen LogP contribution is 2.36. The number of carbonyl (C=O) groups is 1. The molecule has 1 fully saturated rings. The van der Waals surface area contributed by atoms with Gasteiger partial charge < -0.3 is 4.90 Å². The van der Waals surface area contributed by atoms with Crippen molar-refractivity contribution in [2.24, 2.45) is 0 Å². The maximum atomic E-state index is 12.8. The Labute approximate surface area is 162 Å². The summed E-state index contributed by atoms with van der Waals surface area (Å²) in [4.78, 5) is 15.3. The number of aryl methyl sites for hydroxylation is 2. The summed E-state index contributed by atoms with van der Waals surface area (Å²) in [6.45, 7) is 6.33.